The second kappa shape index (κ2) is 7.10. The number of rotatable bonds is 4. The van der Waals surface area contributed by atoms with Crippen molar-refractivity contribution in [2.45, 2.75) is 0 Å². The maximum Gasteiger partial charge on any atom is 1.00 e. The van der Waals surface area contributed by atoms with Gasteiger partial charge in [-0.15, -0.1) is 0 Å². The third-order valence-corrected chi connectivity index (χ3v) is 1.71. The van der Waals surface area contributed by atoms with Crippen LogP contribution >= 0.6 is 0 Å². The van der Waals surface area contributed by atoms with E-state index in [0.717, 1.165) is 18.2 Å². The van der Waals surface area contributed by atoms with Crippen molar-refractivity contribution in [3.8, 4) is 11.8 Å². The third-order valence-electron chi connectivity index (χ3n) is 1.71. The molecule has 1 aromatic carbocycles. The molecule has 0 heterocycles. The summed E-state index contributed by atoms with van der Waals surface area (Å²) in [6, 6.07) is 4.62. The zero-order valence-electron chi connectivity index (χ0n) is 9.27. The van der Waals surface area contributed by atoms with E-state index in [0.29, 0.717) is 0 Å². The predicted molar refractivity (Wildman–Crippen MR) is 52.4 cm³/mol. The van der Waals surface area contributed by atoms with Crippen molar-refractivity contribution >= 4 is 12.7 Å². The average molecular weight is 284 g/mol. The van der Waals surface area contributed by atoms with Crippen LogP contribution in [0.2, 0.25) is 0 Å². The molecule has 0 aromatic heterocycles. The number of nitro groups is 1. The zero-order valence-corrected chi connectivity index (χ0v) is 12.4. The Hall–Kier alpha value is -0.599. The number of halogens is 3. The normalized spacial score (nSPS) is 10.1. The summed E-state index contributed by atoms with van der Waals surface area (Å²) in [4.78, 5) is 9.65. The van der Waals surface area contributed by atoms with Gasteiger partial charge in [-0.1, -0.05) is 0 Å². The molecular formula is C8H5BF3KN2O3. The van der Waals surface area contributed by atoms with Gasteiger partial charge in [0.05, 0.1) is 23.1 Å². The van der Waals surface area contributed by atoms with Gasteiger partial charge in [0.2, 0.25) is 0 Å². The fourth-order valence-electron chi connectivity index (χ4n) is 1.04. The molecule has 0 unspecified atom stereocenters. The molecule has 90 valence electrons. The van der Waals surface area contributed by atoms with E-state index in [1.165, 1.54) is 0 Å². The van der Waals surface area contributed by atoms with Gasteiger partial charge in [0, 0.05) is 6.07 Å². The Morgan fingerprint density at radius 2 is 2.06 bits per heavy atom. The van der Waals surface area contributed by atoms with Crippen LogP contribution in [-0.4, -0.2) is 18.4 Å². The van der Waals surface area contributed by atoms with Crippen LogP contribution in [0.5, 0.6) is 5.75 Å². The van der Waals surface area contributed by atoms with E-state index >= 15 is 0 Å². The quantitative estimate of drug-likeness (QED) is 0.413. The minimum absolute atomic E-state index is 0. The molecule has 0 aliphatic carbocycles. The van der Waals surface area contributed by atoms with Gasteiger partial charge in [-0.05, 0) is 12.1 Å². The van der Waals surface area contributed by atoms with Gasteiger partial charge in [0.15, 0.2) is 5.75 Å². The summed E-state index contributed by atoms with van der Waals surface area (Å²) < 4.78 is 40.1. The number of nitrogens with zero attached hydrogens (tertiary/aromatic N) is 2. The molecule has 0 aliphatic rings. The molecule has 0 radical (unpaired) electrons. The predicted octanol–water partition coefficient (Wildman–Crippen LogP) is -0.764. The van der Waals surface area contributed by atoms with E-state index in [1.54, 1.807) is 6.07 Å². The molecular weight excluding hydrogens is 279 g/mol. The molecule has 0 amide bonds. The van der Waals surface area contributed by atoms with Gasteiger partial charge in [0.1, 0.15) is 0 Å². The van der Waals surface area contributed by atoms with E-state index in [9.17, 15) is 23.1 Å². The van der Waals surface area contributed by atoms with Gasteiger partial charge >= 0.3 is 64.0 Å². The molecule has 0 atom stereocenters. The Labute approximate surface area is 143 Å². The van der Waals surface area contributed by atoms with Crippen molar-refractivity contribution in [1.29, 1.82) is 5.26 Å². The van der Waals surface area contributed by atoms with Crippen LogP contribution in [0.15, 0.2) is 18.2 Å². The van der Waals surface area contributed by atoms with Crippen LogP contribution in [0.4, 0.5) is 18.6 Å². The number of ether oxygens (including phenoxy) is 1. The van der Waals surface area contributed by atoms with Crippen LogP contribution in [0, 0.1) is 21.4 Å². The summed E-state index contributed by atoms with van der Waals surface area (Å²) in [5.41, 5.74) is -0.689. The molecule has 0 spiro atoms. The number of nitriles is 1. The summed E-state index contributed by atoms with van der Waals surface area (Å²) in [6.45, 7) is -6.75. The van der Waals surface area contributed by atoms with Crippen LogP contribution in [0.3, 0.4) is 0 Å². The Balaban J connectivity index is 0.00000289. The van der Waals surface area contributed by atoms with Crippen molar-refractivity contribution < 1.29 is 74.0 Å². The van der Waals surface area contributed by atoms with Crippen LogP contribution < -0.4 is 56.1 Å². The Morgan fingerprint density at radius 3 is 2.50 bits per heavy atom. The second-order valence-electron chi connectivity index (χ2n) is 3.07. The van der Waals surface area contributed by atoms with Gasteiger partial charge in [-0.3, -0.25) is 10.1 Å². The van der Waals surface area contributed by atoms with Gasteiger partial charge in [0.25, 0.3) is 0 Å². The number of benzene rings is 1. The standard InChI is InChI=1S/C8H5BF3N2O3.K/c10-9(11,12)5-17-8-2-1-6(4-13)3-7(8)14(15)16;/h1-3H,5H2;/q-1;+1. The van der Waals surface area contributed by atoms with Gasteiger partial charge in [-0.2, -0.15) is 5.26 Å². The molecule has 18 heavy (non-hydrogen) atoms. The minimum atomic E-state index is -5.19. The first-order chi connectivity index (χ1) is 7.83. The molecule has 0 bridgehead atoms. The molecule has 10 heteroatoms. The summed E-state index contributed by atoms with van der Waals surface area (Å²) >= 11 is 0. The smallest absolute Gasteiger partial charge is 0.517 e. The Bertz CT molecular complexity index is 489. The molecule has 0 saturated carbocycles. The summed E-state index contributed by atoms with van der Waals surface area (Å²) in [7, 11) is 0. The van der Waals surface area contributed by atoms with Gasteiger partial charge < -0.3 is 17.7 Å². The monoisotopic (exact) mass is 284 g/mol. The topological polar surface area (TPSA) is 76.2 Å². The molecule has 1 rings (SSSR count). The molecule has 0 N–H and O–H groups in total. The van der Waals surface area contributed by atoms with Crippen molar-refractivity contribution in [3.05, 3.63) is 33.9 Å². The molecule has 5 nitrogen and oxygen atoms in total. The van der Waals surface area contributed by atoms with Crippen molar-refractivity contribution in [1.82, 2.24) is 0 Å². The summed E-state index contributed by atoms with van der Waals surface area (Å²) in [5, 5.41) is 19.1. The first-order valence-electron chi connectivity index (χ1n) is 4.36. The molecule has 0 fully saturated rings. The summed E-state index contributed by atoms with van der Waals surface area (Å²) in [5.74, 6) is -0.506. The zero-order chi connectivity index (χ0) is 13.1. The first kappa shape index (κ1) is 17.4. The SMILES string of the molecule is N#Cc1ccc(OC[B-](F)(F)F)c([N+](=O)[O-])c1.[K+]. The summed E-state index contributed by atoms with van der Waals surface area (Å²) in [6.07, 6.45) is 0. The van der Waals surface area contributed by atoms with Crippen molar-refractivity contribution in [2.24, 2.45) is 0 Å². The maximum absolute atomic E-state index is 11.9. The van der Waals surface area contributed by atoms with Crippen molar-refractivity contribution in [2.75, 3.05) is 6.51 Å². The Morgan fingerprint density at radius 1 is 1.44 bits per heavy atom. The van der Waals surface area contributed by atoms with E-state index in [-0.39, 0.29) is 56.9 Å². The molecule has 0 saturated heterocycles. The minimum Gasteiger partial charge on any atom is -0.517 e. The fraction of sp³-hybridized carbons (Fsp3) is 0.125. The number of hydrogen-bond acceptors (Lipinski definition) is 4. The Kier molecular flexibility index (Phi) is 6.87. The van der Waals surface area contributed by atoms with E-state index in [2.05, 4.69) is 4.74 Å². The number of nitro benzene ring substituents is 1. The van der Waals surface area contributed by atoms with E-state index in [1.807, 2.05) is 0 Å². The first-order valence-corrected chi connectivity index (χ1v) is 4.36. The van der Waals surface area contributed by atoms with Crippen LogP contribution in [0.1, 0.15) is 5.56 Å². The van der Waals surface area contributed by atoms with Gasteiger partial charge in [-0.25, -0.2) is 0 Å². The maximum atomic E-state index is 11.9. The molecule has 1 aromatic rings. The third kappa shape index (κ3) is 5.36. The van der Waals surface area contributed by atoms with Crippen LogP contribution in [-0.2, 0) is 0 Å². The average Bonchev–Trinajstić information content (AvgIpc) is 2.25. The van der Waals surface area contributed by atoms with Crippen molar-refractivity contribution in [3.63, 3.8) is 0 Å². The molecule has 0 aliphatic heterocycles. The van der Waals surface area contributed by atoms with Crippen LogP contribution in [0.25, 0.3) is 0 Å². The largest absolute Gasteiger partial charge is 1.00 e. The van der Waals surface area contributed by atoms with E-state index in [4.69, 9.17) is 5.26 Å². The van der Waals surface area contributed by atoms with E-state index < -0.39 is 29.8 Å². The number of hydrogen-bond donors (Lipinski definition) is 0. The fourth-order valence-corrected chi connectivity index (χ4v) is 1.04. The second-order valence-corrected chi connectivity index (χ2v) is 3.07.